The number of halogens is 3. The van der Waals surface area contributed by atoms with Crippen LogP contribution in [-0.2, 0) is 29.0 Å². The molecule has 6 nitrogen and oxygen atoms in total. The van der Waals surface area contributed by atoms with E-state index in [0.29, 0.717) is 6.54 Å². The van der Waals surface area contributed by atoms with Gasteiger partial charge >= 0.3 is 12.1 Å². The monoisotopic (exact) mass is 464 g/mol. The molecule has 2 aromatic carbocycles. The summed E-state index contributed by atoms with van der Waals surface area (Å²) < 4.78 is 31.7. The number of hydrogen-bond acceptors (Lipinski definition) is 4. The molecule has 0 radical (unpaired) electrons. The fourth-order valence-corrected chi connectivity index (χ4v) is 3.35. The first-order valence-corrected chi connectivity index (χ1v) is 10.5. The SMILES string of the molecule is CN(Cc1ccccc1)C(=O)CCC(=O)c1ccc2c(c1)CCNCC2.O=C(O)C(F)(F)F. The van der Waals surface area contributed by atoms with E-state index in [1.807, 2.05) is 42.5 Å². The van der Waals surface area contributed by atoms with Gasteiger partial charge in [0.15, 0.2) is 5.78 Å². The van der Waals surface area contributed by atoms with Gasteiger partial charge in [-0.25, -0.2) is 4.79 Å². The molecule has 0 aromatic heterocycles. The highest BCUT2D eigenvalue weighted by atomic mass is 19.4. The van der Waals surface area contributed by atoms with Gasteiger partial charge in [-0.15, -0.1) is 0 Å². The highest BCUT2D eigenvalue weighted by Gasteiger charge is 2.38. The third kappa shape index (κ3) is 8.69. The number of alkyl halides is 3. The van der Waals surface area contributed by atoms with Crippen LogP contribution in [0.2, 0.25) is 0 Å². The Morgan fingerprint density at radius 2 is 1.58 bits per heavy atom. The number of aliphatic carboxylic acids is 1. The first-order chi connectivity index (χ1) is 15.6. The summed E-state index contributed by atoms with van der Waals surface area (Å²) in [5, 5.41) is 10.5. The highest BCUT2D eigenvalue weighted by Crippen LogP contribution is 2.17. The molecular formula is C24H27F3N2O4. The standard InChI is InChI=1S/C22H26N2O2.C2HF3O2/c1-24(16-17-5-3-2-4-6-17)22(26)10-9-21(25)20-8-7-18-11-13-23-14-12-19(18)15-20;3-2(4,5)1(6)7/h2-8,15,23H,9-14,16H2,1H3;(H,6,7). The lowest BCUT2D eigenvalue weighted by Crippen LogP contribution is -2.26. The lowest BCUT2D eigenvalue weighted by molar-refractivity contribution is -0.192. The minimum atomic E-state index is -5.08. The van der Waals surface area contributed by atoms with Crippen molar-refractivity contribution in [2.75, 3.05) is 20.1 Å². The average Bonchev–Trinajstić information content (AvgIpc) is 3.02. The summed E-state index contributed by atoms with van der Waals surface area (Å²) in [5.74, 6) is -2.71. The highest BCUT2D eigenvalue weighted by molar-refractivity contribution is 5.98. The van der Waals surface area contributed by atoms with Crippen molar-refractivity contribution in [3.05, 3.63) is 70.8 Å². The third-order valence-corrected chi connectivity index (χ3v) is 5.17. The lowest BCUT2D eigenvalue weighted by atomic mass is 9.97. The Labute approximate surface area is 190 Å². The van der Waals surface area contributed by atoms with Crippen molar-refractivity contribution in [1.82, 2.24) is 10.2 Å². The maximum atomic E-state index is 12.5. The molecule has 1 aliphatic heterocycles. The zero-order chi connectivity index (χ0) is 24.4. The molecule has 33 heavy (non-hydrogen) atoms. The molecule has 0 saturated carbocycles. The van der Waals surface area contributed by atoms with Gasteiger partial charge in [-0.3, -0.25) is 9.59 Å². The van der Waals surface area contributed by atoms with Crippen LogP contribution >= 0.6 is 0 Å². The number of Topliss-reactive ketones (excluding diaryl/α,β-unsaturated/α-hetero) is 1. The predicted octanol–water partition coefficient (Wildman–Crippen LogP) is 3.63. The topological polar surface area (TPSA) is 86.7 Å². The van der Waals surface area contributed by atoms with Crippen LogP contribution in [0.1, 0.15) is 39.9 Å². The summed E-state index contributed by atoms with van der Waals surface area (Å²) in [7, 11) is 1.79. The number of nitrogens with zero attached hydrogens (tertiary/aromatic N) is 1. The van der Waals surface area contributed by atoms with E-state index in [4.69, 9.17) is 9.90 Å². The Balaban J connectivity index is 0.000000479. The molecule has 0 saturated heterocycles. The van der Waals surface area contributed by atoms with Gasteiger partial charge in [0, 0.05) is 32.0 Å². The maximum Gasteiger partial charge on any atom is 0.490 e. The number of carbonyl (C=O) groups excluding carboxylic acids is 2. The van der Waals surface area contributed by atoms with E-state index in [2.05, 4.69) is 11.4 Å². The van der Waals surface area contributed by atoms with Crippen molar-refractivity contribution in [3.8, 4) is 0 Å². The van der Waals surface area contributed by atoms with Gasteiger partial charge in [0.1, 0.15) is 0 Å². The quantitative estimate of drug-likeness (QED) is 0.638. The Hall–Kier alpha value is -3.20. The molecule has 178 valence electrons. The fourth-order valence-electron chi connectivity index (χ4n) is 3.35. The summed E-state index contributed by atoms with van der Waals surface area (Å²) in [6.45, 7) is 2.51. The van der Waals surface area contributed by atoms with E-state index < -0.39 is 12.1 Å². The van der Waals surface area contributed by atoms with E-state index >= 15 is 0 Å². The van der Waals surface area contributed by atoms with E-state index in [1.165, 1.54) is 11.1 Å². The smallest absolute Gasteiger partial charge is 0.475 e. The number of fused-ring (bicyclic) bond motifs is 1. The number of rotatable bonds is 6. The number of benzene rings is 2. The van der Waals surface area contributed by atoms with Crippen LogP contribution < -0.4 is 5.32 Å². The van der Waals surface area contributed by atoms with Gasteiger partial charge in [-0.2, -0.15) is 13.2 Å². The van der Waals surface area contributed by atoms with Crippen LogP contribution in [0.5, 0.6) is 0 Å². The van der Waals surface area contributed by atoms with Gasteiger partial charge in [-0.1, -0.05) is 42.5 Å². The average molecular weight is 464 g/mol. The van der Waals surface area contributed by atoms with Gasteiger partial charge in [0.2, 0.25) is 5.91 Å². The summed E-state index contributed by atoms with van der Waals surface area (Å²) in [5.41, 5.74) is 4.40. The van der Waals surface area contributed by atoms with Crippen LogP contribution in [0.25, 0.3) is 0 Å². The first-order valence-electron chi connectivity index (χ1n) is 10.5. The predicted molar refractivity (Wildman–Crippen MR) is 117 cm³/mol. The second-order valence-corrected chi connectivity index (χ2v) is 7.69. The second-order valence-electron chi connectivity index (χ2n) is 7.69. The molecule has 3 rings (SSSR count). The molecule has 0 aliphatic carbocycles. The molecule has 0 unspecified atom stereocenters. The van der Waals surface area contributed by atoms with Crippen LogP contribution in [0, 0.1) is 0 Å². The second kappa shape index (κ2) is 12.2. The Bertz CT molecular complexity index is 962. The number of carbonyl (C=O) groups is 3. The minimum absolute atomic E-state index is 0.00108. The van der Waals surface area contributed by atoms with E-state index in [1.54, 1.807) is 11.9 Å². The van der Waals surface area contributed by atoms with Crippen molar-refractivity contribution in [3.63, 3.8) is 0 Å². The molecular weight excluding hydrogens is 437 g/mol. The minimum Gasteiger partial charge on any atom is -0.475 e. The molecule has 1 heterocycles. The van der Waals surface area contributed by atoms with Crippen molar-refractivity contribution in [2.24, 2.45) is 0 Å². The van der Waals surface area contributed by atoms with Gasteiger partial charge in [-0.05, 0) is 48.7 Å². The van der Waals surface area contributed by atoms with Crippen LogP contribution in [0.15, 0.2) is 48.5 Å². The number of nitrogens with one attached hydrogen (secondary N) is 1. The van der Waals surface area contributed by atoms with Crippen LogP contribution in [0.3, 0.4) is 0 Å². The Kier molecular flexibility index (Phi) is 9.59. The summed E-state index contributed by atoms with van der Waals surface area (Å²) >= 11 is 0. The molecule has 9 heteroatoms. The third-order valence-electron chi connectivity index (χ3n) is 5.17. The largest absolute Gasteiger partial charge is 0.490 e. The molecule has 0 atom stereocenters. The molecule has 0 bridgehead atoms. The summed E-state index contributed by atoms with van der Waals surface area (Å²) in [4.78, 5) is 35.4. The van der Waals surface area contributed by atoms with Crippen molar-refractivity contribution < 1.29 is 32.7 Å². The first kappa shape index (κ1) is 26.1. The zero-order valence-electron chi connectivity index (χ0n) is 18.3. The van der Waals surface area contributed by atoms with Crippen LogP contribution in [0.4, 0.5) is 13.2 Å². The number of hydrogen-bond donors (Lipinski definition) is 2. The number of carboxylic acid groups (broad SMARTS) is 1. The molecule has 1 aliphatic rings. The fraction of sp³-hybridized carbons (Fsp3) is 0.375. The summed E-state index contributed by atoms with van der Waals surface area (Å²) in [6, 6.07) is 15.9. The molecule has 0 fully saturated rings. The molecule has 1 amide bonds. The van der Waals surface area contributed by atoms with Crippen molar-refractivity contribution >= 4 is 17.7 Å². The number of ketones is 1. The maximum absolute atomic E-state index is 12.5. The van der Waals surface area contributed by atoms with E-state index in [0.717, 1.165) is 37.1 Å². The van der Waals surface area contributed by atoms with Gasteiger partial charge in [0.05, 0.1) is 0 Å². The van der Waals surface area contributed by atoms with Crippen molar-refractivity contribution in [1.29, 1.82) is 0 Å². The van der Waals surface area contributed by atoms with E-state index in [-0.39, 0.29) is 24.5 Å². The normalized spacial score (nSPS) is 13.1. The van der Waals surface area contributed by atoms with Gasteiger partial charge in [0.25, 0.3) is 0 Å². The summed E-state index contributed by atoms with van der Waals surface area (Å²) in [6.07, 6.45) is -2.61. The van der Waals surface area contributed by atoms with E-state index in [9.17, 15) is 22.8 Å². The van der Waals surface area contributed by atoms with Gasteiger partial charge < -0.3 is 15.3 Å². The zero-order valence-corrected chi connectivity index (χ0v) is 18.3. The Morgan fingerprint density at radius 1 is 0.970 bits per heavy atom. The molecule has 2 aromatic rings. The van der Waals surface area contributed by atoms with Crippen LogP contribution in [-0.4, -0.2) is 54.0 Å². The molecule has 2 N–H and O–H groups in total. The number of amides is 1. The Morgan fingerprint density at radius 3 is 2.18 bits per heavy atom. The van der Waals surface area contributed by atoms with Crippen molar-refractivity contribution in [2.45, 2.75) is 38.4 Å². The lowest BCUT2D eigenvalue weighted by Gasteiger charge is -2.17. The number of carboxylic acids is 1. The molecule has 0 spiro atoms.